The van der Waals surface area contributed by atoms with Gasteiger partial charge in [-0.2, -0.15) is 0 Å². The van der Waals surface area contributed by atoms with E-state index >= 15 is 0 Å². The highest BCUT2D eigenvalue weighted by Gasteiger charge is 2.11. The summed E-state index contributed by atoms with van der Waals surface area (Å²) in [7, 11) is 1.70. The van der Waals surface area contributed by atoms with Gasteiger partial charge >= 0.3 is 0 Å². The van der Waals surface area contributed by atoms with Crippen molar-refractivity contribution in [1.82, 2.24) is 5.32 Å². The van der Waals surface area contributed by atoms with Crippen LogP contribution in [0, 0.1) is 0 Å². The summed E-state index contributed by atoms with van der Waals surface area (Å²) in [6, 6.07) is 17.5. The Morgan fingerprint density at radius 2 is 1.71 bits per heavy atom. The Kier molecular flexibility index (Phi) is 6.15. The van der Waals surface area contributed by atoms with Crippen molar-refractivity contribution in [2.45, 2.75) is 24.3 Å². The van der Waals surface area contributed by atoms with Crippen molar-refractivity contribution in [3.05, 3.63) is 59.7 Å². The molecule has 2 aromatic rings. The summed E-state index contributed by atoms with van der Waals surface area (Å²) in [6.07, 6.45) is 3.09. The summed E-state index contributed by atoms with van der Waals surface area (Å²) < 4.78 is 5.21. The molecule has 1 N–H and O–H groups in total. The fraction of sp³-hybridized carbons (Fsp3) is 0.333. The second-order valence-corrected chi connectivity index (χ2v) is 5.82. The van der Waals surface area contributed by atoms with Gasteiger partial charge < -0.3 is 10.1 Å². The number of benzene rings is 2. The number of ether oxygens (including phenoxy) is 1. The molecule has 2 nitrogen and oxygen atoms in total. The molecule has 1 atom stereocenters. The second-order valence-electron chi connectivity index (χ2n) is 4.94. The van der Waals surface area contributed by atoms with E-state index in [0.29, 0.717) is 6.04 Å². The maximum absolute atomic E-state index is 5.21. The molecular weight excluding hydrogens is 278 g/mol. The smallest absolute Gasteiger partial charge is 0.118 e. The fourth-order valence-electron chi connectivity index (χ4n) is 2.39. The van der Waals surface area contributed by atoms with Crippen LogP contribution in [0.15, 0.2) is 53.4 Å². The Morgan fingerprint density at radius 3 is 2.24 bits per heavy atom. The normalized spacial score (nSPS) is 12.1. The SMILES string of the molecule is CCNC(Cc1ccc(OC)cc1)c1ccc(SC)cc1. The molecule has 0 aliphatic heterocycles. The topological polar surface area (TPSA) is 21.3 Å². The van der Waals surface area contributed by atoms with Crippen molar-refractivity contribution < 1.29 is 4.74 Å². The zero-order valence-corrected chi connectivity index (χ0v) is 13.7. The van der Waals surface area contributed by atoms with E-state index in [1.807, 2.05) is 12.1 Å². The van der Waals surface area contributed by atoms with Gasteiger partial charge in [-0.15, -0.1) is 11.8 Å². The van der Waals surface area contributed by atoms with Gasteiger partial charge in [0.1, 0.15) is 5.75 Å². The van der Waals surface area contributed by atoms with Crippen molar-refractivity contribution >= 4 is 11.8 Å². The Hall–Kier alpha value is -1.45. The van der Waals surface area contributed by atoms with Gasteiger partial charge in [-0.05, 0) is 54.6 Å². The van der Waals surface area contributed by atoms with E-state index in [0.717, 1.165) is 18.7 Å². The Labute approximate surface area is 131 Å². The summed E-state index contributed by atoms with van der Waals surface area (Å²) in [5.74, 6) is 0.906. The largest absolute Gasteiger partial charge is 0.497 e. The Balaban J connectivity index is 2.13. The highest BCUT2D eigenvalue weighted by molar-refractivity contribution is 7.98. The van der Waals surface area contributed by atoms with Gasteiger partial charge in [0.25, 0.3) is 0 Å². The molecule has 0 radical (unpaired) electrons. The molecule has 0 saturated carbocycles. The van der Waals surface area contributed by atoms with E-state index in [9.17, 15) is 0 Å². The van der Waals surface area contributed by atoms with Crippen molar-refractivity contribution in [1.29, 1.82) is 0 Å². The van der Waals surface area contributed by atoms with Gasteiger partial charge in [0.15, 0.2) is 0 Å². The number of hydrogen-bond acceptors (Lipinski definition) is 3. The third kappa shape index (κ3) is 4.51. The lowest BCUT2D eigenvalue weighted by atomic mass is 9.99. The van der Waals surface area contributed by atoms with Crippen molar-refractivity contribution in [3.8, 4) is 5.75 Å². The van der Waals surface area contributed by atoms with E-state index in [1.54, 1.807) is 18.9 Å². The minimum Gasteiger partial charge on any atom is -0.497 e. The van der Waals surface area contributed by atoms with Gasteiger partial charge in [0.2, 0.25) is 0 Å². The maximum Gasteiger partial charge on any atom is 0.118 e. The first-order chi connectivity index (χ1) is 10.3. The van der Waals surface area contributed by atoms with E-state index < -0.39 is 0 Å². The van der Waals surface area contributed by atoms with E-state index in [2.05, 4.69) is 54.9 Å². The first-order valence-electron chi connectivity index (χ1n) is 7.27. The lowest BCUT2D eigenvalue weighted by Crippen LogP contribution is -2.22. The second kappa shape index (κ2) is 8.11. The predicted molar refractivity (Wildman–Crippen MR) is 91.3 cm³/mol. The Bertz CT molecular complexity index is 536. The van der Waals surface area contributed by atoms with Crippen LogP contribution >= 0.6 is 11.8 Å². The first kappa shape index (κ1) is 15.9. The number of nitrogens with one attached hydrogen (secondary N) is 1. The maximum atomic E-state index is 5.21. The molecule has 0 aromatic heterocycles. The lowest BCUT2D eigenvalue weighted by molar-refractivity contribution is 0.414. The molecule has 0 aliphatic rings. The molecule has 21 heavy (non-hydrogen) atoms. The number of rotatable bonds is 7. The van der Waals surface area contributed by atoms with E-state index in [-0.39, 0.29) is 0 Å². The molecule has 0 amide bonds. The van der Waals surface area contributed by atoms with Gasteiger partial charge in [-0.1, -0.05) is 31.2 Å². The fourth-order valence-corrected chi connectivity index (χ4v) is 2.80. The molecule has 0 spiro atoms. The van der Waals surface area contributed by atoms with Crippen LogP contribution in [0.2, 0.25) is 0 Å². The molecule has 0 aliphatic carbocycles. The zero-order valence-electron chi connectivity index (χ0n) is 12.9. The van der Waals surface area contributed by atoms with Crippen LogP contribution in [0.1, 0.15) is 24.1 Å². The van der Waals surface area contributed by atoms with Gasteiger partial charge in [-0.3, -0.25) is 0 Å². The summed E-state index contributed by atoms with van der Waals surface area (Å²) in [5.41, 5.74) is 2.65. The van der Waals surface area contributed by atoms with Gasteiger partial charge in [0.05, 0.1) is 7.11 Å². The molecule has 0 bridgehead atoms. The first-order valence-corrected chi connectivity index (χ1v) is 8.49. The number of methoxy groups -OCH3 is 1. The monoisotopic (exact) mass is 301 g/mol. The molecule has 112 valence electrons. The number of hydrogen-bond donors (Lipinski definition) is 1. The molecule has 0 heterocycles. The van der Waals surface area contributed by atoms with Crippen molar-refractivity contribution in [2.75, 3.05) is 19.9 Å². The van der Waals surface area contributed by atoms with Crippen LogP contribution in [-0.4, -0.2) is 19.9 Å². The van der Waals surface area contributed by atoms with Crippen molar-refractivity contribution in [2.24, 2.45) is 0 Å². The van der Waals surface area contributed by atoms with Crippen LogP contribution in [0.25, 0.3) is 0 Å². The van der Waals surface area contributed by atoms with Crippen molar-refractivity contribution in [3.63, 3.8) is 0 Å². The van der Waals surface area contributed by atoms with Crippen LogP contribution in [0.4, 0.5) is 0 Å². The molecular formula is C18H23NOS. The van der Waals surface area contributed by atoms with Crippen LogP contribution in [0.3, 0.4) is 0 Å². The minimum atomic E-state index is 0.347. The summed E-state index contributed by atoms with van der Waals surface area (Å²) in [4.78, 5) is 1.30. The minimum absolute atomic E-state index is 0.347. The van der Waals surface area contributed by atoms with Gasteiger partial charge in [0, 0.05) is 10.9 Å². The average molecular weight is 301 g/mol. The lowest BCUT2D eigenvalue weighted by Gasteiger charge is -2.19. The standard InChI is InChI=1S/C18H23NOS/c1-4-19-18(15-7-11-17(21-3)12-8-15)13-14-5-9-16(20-2)10-6-14/h5-12,18-19H,4,13H2,1-3H3. The molecule has 0 fully saturated rings. The number of thioether (sulfide) groups is 1. The van der Waals surface area contributed by atoms with Crippen LogP contribution in [0.5, 0.6) is 5.75 Å². The molecule has 3 heteroatoms. The molecule has 2 rings (SSSR count). The van der Waals surface area contributed by atoms with Crippen LogP contribution in [-0.2, 0) is 6.42 Å². The molecule has 2 aromatic carbocycles. The number of likely N-dealkylation sites (N-methyl/N-ethyl adjacent to an activating group) is 1. The third-order valence-electron chi connectivity index (χ3n) is 3.57. The van der Waals surface area contributed by atoms with E-state index in [1.165, 1.54) is 16.0 Å². The zero-order chi connectivity index (χ0) is 15.1. The Morgan fingerprint density at radius 1 is 1.05 bits per heavy atom. The highest BCUT2D eigenvalue weighted by atomic mass is 32.2. The van der Waals surface area contributed by atoms with Gasteiger partial charge in [-0.25, -0.2) is 0 Å². The average Bonchev–Trinajstić information content (AvgIpc) is 2.55. The highest BCUT2D eigenvalue weighted by Crippen LogP contribution is 2.23. The quantitative estimate of drug-likeness (QED) is 0.770. The molecule has 1 unspecified atom stereocenters. The summed E-state index contributed by atoms with van der Waals surface area (Å²) in [5, 5.41) is 3.58. The third-order valence-corrected chi connectivity index (χ3v) is 4.31. The van der Waals surface area contributed by atoms with Crippen LogP contribution < -0.4 is 10.1 Å². The summed E-state index contributed by atoms with van der Waals surface area (Å²) in [6.45, 7) is 3.11. The summed E-state index contributed by atoms with van der Waals surface area (Å²) >= 11 is 1.78. The van der Waals surface area contributed by atoms with E-state index in [4.69, 9.17) is 4.74 Å². The predicted octanol–water partition coefficient (Wildman–Crippen LogP) is 4.31. The molecule has 0 saturated heterocycles.